The molecule has 0 aliphatic carbocycles. The summed E-state index contributed by atoms with van der Waals surface area (Å²) in [6, 6.07) is -14.9. The molecule has 0 spiro atoms. The van der Waals surface area contributed by atoms with Crippen molar-refractivity contribution in [3.05, 3.63) is 0 Å². The second-order valence-electron chi connectivity index (χ2n) is 17.4. The molecule has 0 rings (SSSR count). The predicted molar refractivity (Wildman–Crippen MR) is 252 cm³/mol. The van der Waals surface area contributed by atoms with E-state index in [-0.39, 0.29) is 6.42 Å². The van der Waals surface area contributed by atoms with Crippen LogP contribution >= 0.6 is 0 Å². The van der Waals surface area contributed by atoms with Crippen LogP contribution in [0.15, 0.2) is 0 Å². The van der Waals surface area contributed by atoms with Crippen molar-refractivity contribution in [2.24, 2.45) is 28.9 Å². The van der Waals surface area contributed by atoms with Gasteiger partial charge in [0.15, 0.2) is 0 Å². The van der Waals surface area contributed by atoms with E-state index in [4.69, 9.17) is 33.1 Å². The summed E-state index contributed by atoms with van der Waals surface area (Å²) in [7, 11) is 0. The van der Waals surface area contributed by atoms with E-state index in [9.17, 15) is 87.2 Å². The van der Waals surface area contributed by atoms with Crippen molar-refractivity contribution in [2.75, 3.05) is 13.2 Å². The average molecular weight is 1080 g/mol. The Labute approximate surface area is 427 Å². The van der Waals surface area contributed by atoms with Crippen molar-refractivity contribution in [3.63, 3.8) is 0 Å². The molecule has 0 unspecified atom stereocenters. The molecule has 0 fully saturated rings. The van der Waals surface area contributed by atoms with E-state index in [0.29, 0.717) is 0 Å². The molecule has 75 heavy (non-hydrogen) atoms. The van der Waals surface area contributed by atoms with Gasteiger partial charge in [0, 0.05) is 25.7 Å². The molecule has 12 amide bonds. The second kappa shape index (κ2) is 33.6. The van der Waals surface area contributed by atoms with Crippen LogP contribution in [0.4, 0.5) is 0 Å². The van der Waals surface area contributed by atoms with Crippen molar-refractivity contribution < 1.29 is 97.5 Å². The summed E-state index contributed by atoms with van der Waals surface area (Å²) in [5.41, 5.74) is 21.2. The molecule has 0 radical (unpaired) electrons. The number of nitrogens with two attached hydrogens (primary N) is 4. The second-order valence-corrected chi connectivity index (χ2v) is 17.4. The van der Waals surface area contributed by atoms with Crippen molar-refractivity contribution >= 4 is 88.8 Å². The summed E-state index contributed by atoms with van der Waals surface area (Å²) in [6.07, 6.45) is -6.99. The van der Waals surface area contributed by atoms with E-state index >= 15 is 0 Å². The van der Waals surface area contributed by atoms with Crippen molar-refractivity contribution in [1.29, 1.82) is 0 Å². The Morgan fingerprint density at radius 1 is 0.440 bits per heavy atom. The highest BCUT2D eigenvalue weighted by molar-refractivity contribution is 5.99. The maximum Gasteiger partial charge on any atom is 0.303 e. The van der Waals surface area contributed by atoms with Gasteiger partial charge in [0.05, 0.1) is 25.7 Å². The van der Waals surface area contributed by atoms with Crippen LogP contribution in [-0.2, 0) is 71.9 Å². The number of aliphatic hydroxyl groups excluding tert-OH is 2. The number of carbonyl (C=O) groups excluding carboxylic acids is 12. The minimum atomic E-state index is -1.90. The number of carbonyl (C=O) groups is 15. The average Bonchev–Trinajstić information content (AvgIpc) is 3.30. The van der Waals surface area contributed by atoms with Gasteiger partial charge in [-0.05, 0) is 51.9 Å². The van der Waals surface area contributed by atoms with E-state index in [1.165, 1.54) is 6.92 Å². The Bertz CT molecular complexity index is 2110. The zero-order chi connectivity index (χ0) is 57.9. The number of carboxylic acids is 3. The molecule has 422 valence electrons. The van der Waals surface area contributed by atoms with Crippen molar-refractivity contribution in [2.45, 2.75) is 152 Å². The number of hydrogen-bond donors (Lipinski definition) is 18. The highest BCUT2D eigenvalue weighted by atomic mass is 16.4. The van der Waals surface area contributed by atoms with E-state index in [0.717, 1.165) is 6.92 Å². The number of rotatable bonds is 37. The highest BCUT2D eigenvalue weighted by Crippen LogP contribution is 2.09. The van der Waals surface area contributed by atoms with E-state index < -0.39 is 226 Å². The largest absolute Gasteiger partial charge is 0.481 e. The Hall–Kier alpha value is -8.07. The highest BCUT2D eigenvalue weighted by Gasteiger charge is 2.35. The molecular weight excluding hydrogens is 1010 g/mol. The van der Waals surface area contributed by atoms with Gasteiger partial charge < -0.3 is 96.3 Å². The molecule has 0 aliphatic rings. The van der Waals surface area contributed by atoms with Gasteiger partial charge in [0.25, 0.3) is 0 Å². The van der Waals surface area contributed by atoms with Crippen LogP contribution in [0.3, 0.4) is 0 Å². The van der Waals surface area contributed by atoms with Gasteiger partial charge in [-0.2, -0.15) is 0 Å². The first-order chi connectivity index (χ1) is 34.8. The number of hydrogen-bond acceptors (Lipinski definition) is 18. The molecule has 0 saturated carbocycles. The minimum absolute atomic E-state index is 0.180. The van der Waals surface area contributed by atoms with E-state index in [2.05, 4.69) is 47.9 Å². The summed E-state index contributed by atoms with van der Waals surface area (Å²) >= 11 is 0. The number of nitrogens with one attached hydrogen (secondary N) is 9. The molecular formula is C42H69N13O20. The summed E-state index contributed by atoms with van der Waals surface area (Å²) in [6.45, 7) is 3.47. The molecule has 0 heterocycles. The fourth-order valence-corrected chi connectivity index (χ4v) is 6.28. The van der Waals surface area contributed by atoms with Gasteiger partial charge in [-0.15, -0.1) is 0 Å². The number of amides is 12. The summed E-state index contributed by atoms with van der Waals surface area (Å²) in [5.74, 6) is -18.0. The molecule has 0 aliphatic heterocycles. The lowest BCUT2D eigenvalue weighted by atomic mass is 10.0. The lowest BCUT2D eigenvalue weighted by molar-refractivity contribution is -0.139. The van der Waals surface area contributed by atoms with Gasteiger partial charge in [-0.3, -0.25) is 71.9 Å². The van der Waals surface area contributed by atoms with E-state index in [1.54, 1.807) is 13.8 Å². The van der Waals surface area contributed by atoms with Gasteiger partial charge in [0.1, 0.15) is 54.4 Å². The first kappa shape index (κ1) is 66.9. The van der Waals surface area contributed by atoms with Crippen LogP contribution < -0.4 is 70.8 Å². The van der Waals surface area contributed by atoms with E-state index in [1.807, 2.05) is 0 Å². The topological polar surface area (TPSA) is 570 Å². The SMILES string of the molecule is CC(C)C[C@H](NC(=O)[C@H](CCC(=O)O)NC(=O)[C@H](C)NC(=O)CNC(=O)[C@H](CCC(N)=O)NC(=O)[C@H](CCC(=O)O)NC(=O)[C@@H](N)[C@@H](C)O)C(=O)N[C@@H](CO)C(=O)N[C@@H](CC(N)=O)C(=O)N[C@@H](CCC(=O)O)C(N)=O. The fraction of sp³-hybridized carbons (Fsp3) is 0.643. The summed E-state index contributed by atoms with van der Waals surface area (Å²) in [5, 5.41) is 66.9. The quantitative estimate of drug-likeness (QED) is 0.0275. The van der Waals surface area contributed by atoms with Crippen LogP contribution in [0.1, 0.15) is 91.9 Å². The molecule has 10 atom stereocenters. The molecule has 0 aromatic rings. The molecule has 22 N–H and O–H groups in total. The van der Waals surface area contributed by atoms with Gasteiger partial charge in [0.2, 0.25) is 70.9 Å². The number of aliphatic hydroxyl groups is 2. The third-order valence-electron chi connectivity index (χ3n) is 10.4. The Morgan fingerprint density at radius 2 is 0.813 bits per heavy atom. The third-order valence-corrected chi connectivity index (χ3v) is 10.4. The van der Waals surface area contributed by atoms with Crippen LogP contribution in [0, 0.1) is 5.92 Å². The Kier molecular flexibility index (Phi) is 30.0. The third kappa shape index (κ3) is 27.5. The maximum absolute atomic E-state index is 13.7. The predicted octanol–water partition coefficient (Wildman–Crippen LogP) is -9.03. The monoisotopic (exact) mass is 1080 g/mol. The lowest BCUT2D eigenvalue weighted by Gasteiger charge is -2.27. The minimum Gasteiger partial charge on any atom is -0.481 e. The molecule has 0 saturated heterocycles. The molecule has 0 aromatic heterocycles. The standard InChI is InChI=1S/C42H69N13O20/c1-17(2)13-24(39(72)55-26(16-56)41(74)54-25(14-28(44)59)40(73)49-20(34(46)67)6-10-30(61)62)53-38(71)22(7-11-31(63)64)50-35(68)18(3)48-29(60)15-47-36(69)21(5-9-27(43)58)51-37(70)23(8-12-32(65)66)52-42(75)33(45)19(4)57/h17-26,33,56-57H,5-16,45H2,1-4H3,(H2,43,58)(H2,44,59)(H2,46,67)(H,47,69)(H,48,60)(H,49,73)(H,50,68)(H,51,70)(H,52,75)(H,53,71)(H,54,74)(H,55,72)(H,61,62)(H,63,64)(H,65,66)/t18-,19+,20-,21-,22-,23-,24-,25-,26-,33-/m0/s1. The summed E-state index contributed by atoms with van der Waals surface area (Å²) in [4.78, 5) is 187. The van der Waals surface area contributed by atoms with Crippen LogP contribution in [0.5, 0.6) is 0 Å². The zero-order valence-corrected chi connectivity index (χ0v) is 41.5. The lowest BCUT2D eigenvalue weighted by Crippen LogP contribution is -2.60. The molecule has 33 heteroatoms. The normalized spacial score (nSPS) is 14.9. The van der Waals surface area contributed by atoms with Crippen LogP contribution in [-0.4, -0.2) is 188 Å². The van der Waals surface area contributed by atoms with Crippen LogP contribution in [0.2, 0.25) is 0 Å². The first-order valence-corrected chi connectivity index (χ1v) is 23.0. The van der Waals surface area contributed by atoms with Crippen LogP contribution in [0.25, 0.3) is 0 Å². The van der Waals surface area contributed by atoms with Crippen molar-refractivity contribution in [1.82, 2.24) is 47.9 Å². The molecule has 0 aromatic carbocycles. The first-order valence-electron chi connectivity index (χ1n) is 23.0. The number of carboxylic acid groups (broad SMARTS) is 3. The summed E-state index contributed by atoms with van der Waals surface area (Å²) < 4.78 is 0. The molecule has 0 bridgehead atoms. The Balaban J connectivity index is 6.14. The van der Waals surface area contributed by atoms with Gasteiger partial charge in [-0.25, -0.2) is 0 Å². The van der Waals surface area contributed by atoms with Crippen molar-refractivity contribution in [3.8, 4) is 0 Å². The smallest absolute Gasteiger partial charge is 0.303 e. The number of aliphatic carboxylic acids is 3. The fourth-order valence-electron chi connectivity index (χ4n) is 6.28. The van der Waals surface area contributed by atoms with Gasteiger partial charge >= 0.3 is 17.9 Å². The molecule has 33 nitrogen and oxygen atoms in total. The zero-order valence-electron chi connectivity index (χ0n) is 41.5. The maximum atomic E-state index is 13.7. The number of primary amides is 3. The Morgan fingerprint density at radius 3 is 1.25 bits per heavy atom. The van der Waals surface area contributed by atoms with Gasteiger partial charge in [-0.1, -0.05) is 13.8 Å².